The maximum atomic E-state index is 13.4. The number of benzene rings is 1. The quantitative estimate of drug-likeness (QED) is 0.187. The van der Waals surface area contributed by atoms with Crippen LogP contribution in [0.25, 0.3) is 5.57 Å². The number of rotatable bonds is 11. The summed E-state index contributed by atoms with van der Waals surface area (Å²) < 4.78 is 21.1. The fourth-order valence-corrected chi connectivity index (χ4v) is 2.77. The number of ether oxygens (including phenoxy) is 1. The predicted molar refractivity (Wildman–Crippen MR) is 152 cm³/mol. The molecule has 198 valence electrons. The second-order valence-corrected chi connectivity index (χ2v) is 7.44. The van der Waals surface area contributed by atoms with Gasteiger partial charge in [-0.2, -0.15) is 0 Å². The summed E-state index contributed by atoms with van der Waals surface area (Å²) in [5.41, 5.74) is 3.47. The Labute approximate surface area is 218 Å². The SMILES string of the molecule is C=C(NCc1ccc(Cl)c(F)c1)OCCCCn1cnc(C(=C)C)c1N=C(C)C.CC.CC.CC. The Kier molecular flexibility index (Phi) is 20.5. The maximum absolute atomic E-state index is 13.4. The van der Waals surface area contributed by atoms with E-state index in [0.717, 1.165) is 47.7 Å². The van der Waals surface area contributed by atoms with Gasteiger partial charge in [-0.1, -0.05) is 65.8 Å². The van der Waals surface area contributed by atoms with Crippen LogP contribution >= 0.6 is 11.6 Å². The molecule has 0 aliphatic rings. The lowest BCUT2D eigenvalue weighted by molar-refractivity contribution is 0.185. The molecule has 0 saturated heterocycles. The number of nitrogens with zero attached hydrogens (tertiary/aromatic N) is 3. The number of aryl methyl sites for hydroxylation is 1. The summed E-state index contributed by atoms with van der Waals surface area (Å²) in [6, 6.07) is 4.68. The van der Waals surface area contributed by atoms with Crippen molar-refractivity contribution in [3.8, 4) is 0 Å². The number of hydrogen-bond donors (Lipinski definition) is 1. The van der Waals surface area contributed by atoms with Crippen LogP contribution in [-0.4, -0.2) is 21.9 Å². The average Bonchev–Trinajstić information content (AvgIpc) is 3.25. The Morgan fingerprint density at radius 1 is 1.09 bits per heavy atom. The van der Waals surface area contributed by atoms with Crippen LogP contribution in [0.2, 0.25) is 5.02 Å². The molecule has 0 radical (unpaired) electrons. The molecule has 2 aromatic rings. The van der Waals surface area contributed by atoms with Crippen LogP contribution in [-0.2, 0) is 17.8 Å². The molecule has 0 fully saturated rings. The fraction of sp³-hybridized carbons (Fsp3) is 0.500. The van der Waals surface area contributed by atoms with Gasteiger partial charge in [0.2, 0.25) is 0 Å². The Balaban J connectivity index is 0. The minimum Gasteiger partial charge on any atom is -0.480 e. The van der Waals surface area contributed by atoms with E-state index in [9.17, 15) is 4.39 Å². The number of aliphatic imine (C=N–C) groups is 1. The lowest BCUT2D eigenvalue weighted by Crippen LogP contribution is -2.15. The number of unbranched alkanes of at least 4 members (excludes halogenated alkanes) is 1. The molecule has 0 bridgehead atoms. The molecular formula is C28H46ClFN4O. The highest BCUT2D eigenvalue weighted by Gasteiger charge is 2.10. The van der Waals surface area contributed by atoms with Gasteiger partial charge in [-0.25, -0.2) is 14.4 Å². The molecule has 1 aromatic carbocycles. The molecule has 0 spiro atoms. The van der Waals surface area contributed by atoms with Crippen molar-refractivity contribution in [2.45, 2.75) is 88.2 Å². The Morgan fingerprint density at radius 3 is 2.26 bits per heavy atom. The third-order valence-electron chi connectivity index (χ3n) is 4.09. The van der Waals surface area contributed by atoms with Gasteiger partial charge in [-0.3, -0.25) is 0 Å². The van der Waals surface area contributed by atoms with Gasteiger partial charge in [0.25, 0.3) is 0 Å². The van der Waals surface area contributed by atoms with Gasteiger partial charge in [0.15, 0.2) is 11.7 Å². The number of nitrogens with one attached hydrogen (secondary N) is 1. The van der Waals surface area contributed by atoms with Crippen LogP contribution in [0, 0.1) is 5.82 Å². The first kappa shape index (κ1) is 34.6. The van der Waals surface area contributed by atoms with Crippen molar-refractivity contribution in [1.29, 1.82) is 0 Å². The van der Waals surface area contributed by atoms with Gasteiger partial charge in [0.1, 0.15) is 11.5 Å². The first-order valence-electron chi connectivity index (χ1n) is 12.5. The van der Waals surface area contributed by atoms with E-state index >= 15 is 0 Å². The van der Waals surface area contributed by atoms with Gasteiger partial charge in [0.05, 0.1) is 18.0 Å². The first-order chi connectivity index (χ1) is 16.8. The zero-order valence-corrected chi connectivity index (χ0v) is 24.0. The normalized spacial score (nSPS) is 9.23. The van der Waals surface area contributed by atoms with Crippen molar-refractivity contribution in [1.82, 2.24) is 14.9 Å². The minimum absolute atomic E-state index is 0.111. The summed E-state index contributed by atoms with van der Waals surface area (Å²) in [4.78, 5) is 9.02. The van der Waals surface area contributed by atoms with Crippen molar-refractivity contribution in [2.75, 3.05) is 6.61 Å². The van der Waals surface area contributed by atoms with E-state index < -0.39 is 5.82 Å². The fourth-order valence-electron chi connectivity index (χ4n) is 2.65. The van der Waals surface area contributed by atoms with Crippen LogP contribution in [0.5, 0.6) is 0 Å². The van der Waals surface area contributed by atoms with Crippen molar-refractivity contribution in [2.24, 2.45) is 4.99 Å². The zero-order valence-electron chi connectivity index (χ0n) is 23.3. The summed E-state index contributed by atoms with van der Waals surface area (Å²) in [7, 11) is 0. The molecule has 1 N–H and O–H groups in total. The largest absolute Gasteiger partial charge is 0.480 e. The van der Waals surface area contributed by atoms with Crippen molar-refractivity contribution in [3.63, 3.8) is 0 Å². The second-order valence-electron chi connectivity index (χ2n) is 7.03. The van der Waals surface area contributed by atoms with Crippen LogP contribution in [0.1, 0.15) is 86.4 Å². The van der Waals surface area contributed by atoms with E-state index in [1.165, 1.54) is 12.1 Å². The third-order valence-corrected chi connectivity index (χ3v) is 4.39. The molecule has 0 aliphatic heterocycles. The van der Waals surface area contributed by atoms with Crippen LogP contribution < -0.4 is 5.32 Å². The smallest absolute Gasteiger partial charge is 0.179 e. The third kappa shape index (κ3) is 13.8. The van der Waals surface area contributed by atoms with E-state index in [-0.39, 0.29) is 5.02 Å². The summed E-state index contributed by atoms with van der Waals surface area (Å²) >= 11 is 5.68. The number of hydrogen-bond acceptors (Lipinski definition) is 4. The summed E-state index contributed by atoms with van der Waals surface area (Å²) in [6.45, 7) is 27.4. The zero-order chi connectivity index (χ0) is 27.4. The molecule has 1 heterocycles. The van der Waals surface area contributed by atoms with Crippen LogP contribution in [0.3, 0.4) is 0 Å². The maximum Gasteiger partial charge on any atom is 0.179 e. The molecule has 0 amide bonds. The number of allylic oxidation sites excluding steroid dienone is 1. The first-order valence-corrected chi connectivity index (χ1v) is 12.9. The molecule has 35 heavy (non-hydrogen) atoms. The van der Waals surface area contributed by atoms with Crippen molar-refractivity contribution >= 4 is 28.7 Å². The lowest BCUT2D eigenvalue weighted by atomic mass is 10.2. The van der Waals surface area contributed by atoms with E-state index in [2.05, 4.69) is 28.5 Å². The summed E-state index contributed by atoms with van der Waals surface area (Å²) in [5, 5.41) is 3.14. The van der Waals surface area contributed by atoms with Crippen molar-refractivity contribution < 1.29 is 9.13 Å². The van der Waals surface area contributed by atoms with Gasteiger partial charge in [-0.15, -0.1) is 0 Å². The molecular weight excluding hydrogens is 463 g/mol. The number of halogens is 2. The van der Waals surface area contributed by atoms with E-state index in [1.807, 2.05) is 66.9 Å². The monoisotopic (exact) mass is 508 g/mol. The van der Waals surface area contributed by atoms with Gasteiger partial charge in [-0.05, 0) is 63.5 Å². The molecule has 7 heteroatoms. The molecule has 0 unspecified atom stereocenters. The van der Waals surface area contributed by atoms with E-state index in [0.29, 0.717) is 19.0 Å². The van der Waals surface area contributed by atoms with Gasteiger partial charge >= 0.3 is 0 Å². The minimum atomic E-state index is -0.436. The topological polar surface area (TPSA) is 51.4 Å². The summed E-state index contributed by atoms with van der Waals surface area (Å²) in [6.07, 6.45) is 3.57. The molecule has 0 saturated carbocycles. The average molecular weight is 509 g/mol. The highest BCUT2D eigenvalue weighted by molar-refractivity contribution is 6.30. The molecule has 1 aromatic heterocycles. The molecule has 5 nitrogen and oxygen atoms in total. The van der Waals surface area contributed by atoms with Crippen LogP contribution in [0.4, 0.5) is 10.2 Å². The molecule has 2 rings (SSSR count). The Bertz CT molecular complexity index is 902. The van der Waals surface area contributed by atoms with Crippen LogP contribution in [0.15, 0.2) is 48.6 Å². The molecule has 0 atom stereocenters. The standard InChI is InChI=1S/C22H28ClFN4O.3C2H6/c1-15(2)21-22(27-16(3)4)28(14-26-21)10-6-7-11-29-17(5)25-13-18-8-9-19(23)20(24)12-18;3*1-2/h8-9,12,14,25H,1,5-7,10-11,13H2,2-4H3;3*1-2H3. The highest BCUT2D eigenvalue weighted by atomic mass is 35.5. The Hall–Kier alpha value is -2.60. The predicted octanol–water partition coefficient (Wildman–Crippen LogP) is 8.96. The molecule has 0 aliphatic carbocycles. The van der Waals surface area contributed by atoms with Gasteiger partial charge in [0, 0.05) is 18.8 Å². The number of aromatic nitrogens is 2. The second kappa shape index (κ2) is 20.7. The van der Waals surface area contributed by atoms with Gasteiger partial charge < -0.3 is 14.6 Å². The number of imidazole rings is 1. The van der Waals surface area contributed by atoms with Crippen molar-refractivity contribution in [3.05, 3.63) is 65.7 Å². The summed E-state index contributed by atoms with van der Waals surface area (Å²) in [5.74, 6) is 0.868. The highest BCUT2D eigenvalue weighted by Crippen LogP contribution is 2.25. The lowest BCUT2D eigenvalue weighted by Gasteiger charge is -2.12. The Morgan fingerprint density at radius 2 is 1.71 bits per heavy atom. The van der Waals surface area contributed by atoms with E-state index in [1.54, 1.807) is 12.4 Å². The van der Waals surface area contributed by atoms with E-state index in [4.69, 9.17) is 16.3 Å².